The molecule has 1 aliphatic carbocycles. The van der Waals surface area contributed by atoms with Crippen LogP contribution in [0.4, 0.5) is 5.69 Å². The summed E-state index contributed by atoms with van der Waals surface area (Å²) in [5, 5.41) is 21.3. The van der Waals surface area contributed by atoms with Gasteiger partial charge in [0.15, 0.2) is 0 Å². The Morgan fingerprint density at radius 3 is 2.81 bits per heavy atom. The minimum Gasteiger partial charge on any atom is -0.390 e. The average molecular weight is 365 g/mol. The van der Waals surface area contributed by atoms with Crippen LogP contribution in [0.1, 0.15) is 44.6 Å². The number of hydrogen-bond donors (Lipinski definition) is 1. The normalized spacial score (nSPS) is 25.3. The van der Waals surface area contributed by atoms with Gasteiger partial charge in [-0.3, -0.25) is 4.98 Å². The van der Waals surface area contributed by atoms with Gasteiger partial charge in [0.05, 0.1) is 23.3 Å². The van der Waals surface area contributed by atoms with Crippen LogP contribution in [0.15, 0.2) is 30.5 Å². The first-order valence-corrected chi connectivity index (χ1v) is 10.0. The van der Waals surface area contributed by atoms with Gasteiger partial charge >= 0.3 is 0 Å². The number of ether oxygens (including phenoxy) is 1. The van der Waals surface area contributed by atoms with Crippen molar-refractivity contribution >= 4 is 16.6 Å². The second-order valence-corrected chi connectivity index (χ2v) is 7.92. The minimum atomic E-state index is -0.418. The molecule has 1 saturated carbocycles. The highest BCUT2D eigenvalue weighted by Crippen LogP contribution is 2.33. The zero-order chi connectivity index (χ0) is 18.8. The van der Waals surface area contributed by atoms with Crippen LogP contribution in [0.2, 0.25) is 0 Å². The molecule has 2 aromatic rings. The van der Waals surface area contributed by atoms with Gasteiger partial charge < -0.3 is 14.7 Å². The zero-order valence-corrected chi connectivity index (χ0v) is 15.8. The van der Waals surface area contributed by atoms with Crippen molar-refractivity contribution in [1.29, 1.82) is 5.26 Å². The molecule has 2 fully saturated rings. The van der Waals surface area contributed by atoms with E-state index in [4.69, 9.17) is 4.74 Å². The number of nitriles is 1. The fraction of sp³-hybridized carbons (Fsp3) is 0.545. The van der Waals surface area contributed by atoms with E-state index in [-0.39, 0.29) is 12.2 Å². The number of hydrogen-bond acceptors (Lipinski definition) is 5. The molecule has 5 heteroatoms. The molecule has 1 saturated heterocycles. The number of fused-ring (bicyclic) bond motifs is 1. The summed E-state index contributed by atoms with van der Waals surface area (Å²) in [6.07, 6.45) is 7.06. The van der Waals surface area contributed by atoms with Crippen molar-refractivity contribution in [3.8, 4) is 6.07 Å². The lowest BCUT2D eigenvalue weighted by Crippen LogP contribution is -2.53. The molecule has 0 bridgehead atoms. The van der Waals surface area contributed by atoms with Crippen LogP contribution in [0, 0.1) is 17.2 Å². The number of aromatic nitrogens is 1. The molecule has 5 nitrogen and oxygen atoms in total. The molecule has 0 amide bonds. The molecule has 0 spiro atoms. The summed E-state index contributed by atoms with van der Waals surface area (Å²) in [4.78, 5) is 6.71. The van der Waals surface area contributed by atoms with E-state index in [9.17, 15) is 10.4 Å². The standard InChI is InChI=1S/C22H27N3O2/c1-15-13-25(14-20(27-15)22(26)16-6-3-2-4-7-16)19-10-9-17(12-23)21-18(19)8-5-11-24-21/h5,8-11,15-16,20,22,26H,2-4,6-7,13-14H2,1H3/t15-,20-,22?/m1/s1. The second kappa shape index (κ2) is 7.84. The molecule has 1 aromatic heterocycles. The van der Waals surface area contributed by atoms with Crippen molar-refractivity contribution < 1.29 is 9.84 Å². The first-order valence-electron chi connectivity index (χ1n) is 10.0. The summed E-state index contributed by atoms with van der Waals surface area (Å²) in [7, 11) is 0. The highest BCUT2D eigenvalue weighted by Gasteiger charge is 2.35. The van der Waals surface area contributed by atoms with Crippen LogP contribution in [0.25, 0.3) is 10.9 Å². The first-order chi connectivity index (χ1) is 13.2. The fourth-order valence-corrected chi connectivity index (χ4v) is 4.67. The molecule has 1 aromatic carbocycles. The van der Waals surface area contributed by atoms with Crippen LogP contribution in [0.5, 0.6) is 0 Å². The number of morpholine rings is 1. The topological polar surface area (TPSA) is 69.4 Å². The Morgan fingerprint density at radius 1 is 1.22 bits per heavy atom. The van der Waals surface area contributed by atoms with Crippen LogP contribution in [-0.4, -0.2) is 41.5 Å². The van der Waals surface area contributed by atoms with Crippen LogP contribution in [0.3, 0.4) is 0 Å². The second-order valence-electron chi connectivity index (χ2n) is 7.92. The lowest BCUT2D eigenvalue weighted by atomic mass is 9.83. The predicted octanol–water partition coefficient (Wildman–Crippen LogP) is 3.64. The quantitative estimate of drug-likeness (QED) is 0.899. The summed E-state index contributed by atoms with van der Waals surface area (Å²) in [5.41, 5.74) is 2.39. The van der Waals surface area contributed by atoms with Gasteiger partial charge in [-0.2, -0.15) is 5.26 Å². The molecule has 1 aliphatic heterocycles. The van der Waals surface area contributed by atoms with Crippen molar-refractivity contribution in [1.82, 2.24) is 4.98 Å². The van der Waals surface area contributed by atoms with Gasteiger partial charge in [-0.1, -0.05) is 19.3 Å². The molecule has 4 rings (SSSR count). The van der Waals surface area contributed by atoms with E-state index in [1.165, 1.54) is 19.3 Å². The number of aliphatic hydroxyl groups is 1. The molecule has 2 aliphatic rings. The molecular weight excluding hydrogens is 338 g/mol. The number of aliphatic hydroxyl groups excluding tert-OH is 1. The maximum atomic E-state index is 11.0. The lowest BCUT2D eigenvalue weighted by molar-refractivity contribution is -0.102. The molecule has 142 valence electrons. The summed E-state index contributed by atoms with van der Waals surface area (Å²) in [5.74, 6) is 0.343. The fourth-order valence-electron chi connectivity index (χ4n) is 4.67. The molecule has 0 radical (unpaired) electrons. The SMILES string of the molecule is C[C@@H]1CN(c2ccc(C#N)c3ncccc23)C[C@H](C(O)C2CCCCC2)O1. The largest absolute Gasteiger partial charge is 0.390 e. The van der Waals surface area contributed by atoms with Crippen LogP contribution < -0.4 is 4.90 Å². The Labute approximate surface area is 160 Å². The number of nitrogens with zero attached hydrogens (tertiary/aromatic N) is 3. The molecule has 1 unspecified atom stereocenters. The van der Waals surface area contributed by atoms with E-state index in [2.05, 4.69) is 22.9 Å². The number of anilines is 1. The van der Waals surface area contributed by atoms with Crippen molar-refractivity contribution in [2.24, 2.45) is 5.92 Å². The van der Waals surface area contributed by atoms with Gasteiger partial charge in [0.2, 0.25) is 0 Å². The van der Waals surface area contributed by atoms with Gasteiger partial charge in [-0.05, 0) is 49.9 Å². The van der Waals surface area contributed by atoms with Gasteiger partial charge in [0, 0.05) is 30.4 Å². The Kier molecular flexibility index (Phi) is 5.29. The summed E-state index contributed by atoms with van der Waals surface area (Å²) in [6.45, 7) is 3.50. The van der Waals surface area contributed by atoms with E-state index >= 15 is 0 Å². The maximum Gasteiger partial charge on any atom is 0.101 e. The molecule has 2 heterocycles. The van der Waals surface area contributed by atoms with Crippen molar-refractivity contribution in [2.75, 3.05) is 18.0 Å². The van der Waals surface area contributed by atoms with E-state index in [1.54, 1.807) is 6.20 Å². The van der Waals surface area contributed by atoms with E-state index in [0.29, 0.717) is 18.0 Å². The third kappa shape index (κ3) is 3.65. The number of rotatable bonds is 3. The Hall–Kier alpha value is -2.16. The van der Waals surface area contributed by atoms with Gasteiger partial charge in [-0.25, -0.2) is 0 Å². The maximum absolute atomic E-state index is 11.0. The Morgan fingerprint density at radius 2 is 2.04 bits per heavy atom. The third-order valence-electron chi connectivity index (χ3n) is 6.01. The smallest absolute Gasteiger partial charge is 0.101 e. The number of benzene rings is 1. The molecular formula is C22H27N3O2. The predicted molar refractivity (Wildman–Crippen MR) is 106 cm³/mol. The zero-order valence-electron chi connectivity index (χ0n) is 15.8. The molecule has 3 atom stereocenters. The van der Waals surface area contributed by atoms with Crippen LogP contribution >= 0.6 is 0 Å². The monoisotopic (exact) mass is 365 g/mol. The molecule has 27 heavy (non-hydrogen) atoms. The summed E-state index contributed by atoms with van der Waals surface area (Å²) in [6, 6.07) is 10.0. The first kappa shape index (κ1) is 18.2. The minimum absolute atomic E-state index is 0.0457. The van der Waals surface area contributed by atoms with Crippen LogP contribution in [-0.2, 0) is 4.74 Å². The van der Waals surface area contributed by atoms with Crippen molar-refractivity contribution in [2.45, 2.75) is 57.3 Å². The average Bonchev–Trinajstić information content (AvgIpc) is 2.72. The van der Waals surface area contributed by atoms with Gasteiger partial charge in [-0.15, -0.1) is 0 Å². The Balaban J connectivity index is 1.62. The highest BCUT2D eigenvalue weighted by atomic mass is 16.5. The van der Waals surface area contributed by atoms with Crippen molar-refractivity contribution in [3.05, 3.63) is 36.0 Å². The van der Waals surface area contributed by atoms with Gasteiger partial charge in [0.1, 0.15) is 12.2 Å². The number of pyridine rings is 1. The third-order valence-corrected chi connectivity index (χ3v) is 6.01. The van der Waals surface area contributed by atoms with Crippen molar-refractivity contribution in [3.63, 3.8) is 0 Å². The van der Waals surface area contributed by atoms with E-state index in [0.717, 1.165) is 36.0 Å². The summed E-state index contributed by atoms with van der Waals surface area (Å²) < 4.78 is 6.15. The summed E-state index contributed by atoms with van der Waals surface area (Å²) >= 11 is 0. The van der Waals surface area contributed by atoms with E-state index in [1.807, 2.05) is 24.3 Å². The lowest BCUT2D eigenvalue weighted by Gasteiger charge is -2.42. The highest BCUT2D eigenvalue weighted by molar-refractivity contribution is 5.95. The molecule has 1 N–H and O–H groups in total. The van der Waals surface area contributed by atoms with E-state index < -0.39 is 6.10 Å². The Bertz CT molecular complexity index is 841. The van der Waals surface area contributed by atoms with Gasteiger partial charge in [0.25, 0.3) is 0 Å².